The van der Waals surface area contributed by atoms with E-state index in [2.05, 4.69) is 0 Å². The van der Waals surface area contributed by atoms with Crippen LogP contribution in [-0.4, -0.2) is 31.1 Å². The van der Waals surface area contributed by atoms with Crippen molar-refractivity contribution in [2.24, 2.45) is 0 Å². The summed E-state index contributed by atoms with van der Waals surface area (Å²) in [6.07, 6.45) is -0.0183. The van der Waals surface area contributed by atoms with E-state index in [4.69, 9.17) is 21.1 Å². The van der Waals surface area contributed by atoms with Gasteiger partial charge < -0.3 is 9.52 Å². The summed E-state index contributed by atoms with van der Waals surface area (Å²) in [7, 11) is -3.99. The topological polar surface area (TPSA) is 119 Å². The number of carbonyl (C=O) groups excluding carboxylic acids is 2. The molecule has 9 heteroatoms. The first kappa shape index (κ1) is 16.9. The Morgan fingerprint density at radius 3 is 2.30 bits per heavy atom. The van der Waals surface area contributed by atoms with Gasteiger partial charge in [-0.3, -0.25) is 9.59 Å². The summed E-state index contributed by atoms with van der Waals surface area (Å²) in [6.45, 7) is 0. The molecule has 0 amide bonds. The number of ketones is 2. The number of benzene rings is 1. The monoisotopic (exact) mass is 356 g/mol. The second-order valence-electron chi connectivity index (χ2n) is 4.44. The van der Waals surface area contributed by atoms with Gasteiger partial charge in [0.1, 0.15) is 6.26 Å². The highest BCUT2D eigenvalue weighted by molar-refractivity contribution is 7.91. The summed E-state index contributed by atoms with van der Waals surface area (Å²) in [4.78, 5) is 33.1. The molecule has 0 aliphatic carbocycles. The van der Waals surface area contributed by atoms with Gasteiger partial charge in [-0.15, -0.1) is 0 Å². The Labute approximate surface area is 135 Å². The smallest absolute Gasteiger partial charge is 0.372 e. The number of aliphatic carboxylic acids is 1. The lowest BCUT2D eigenvalue weighted by Gasteiger charge is -2.00. The molecule has 0 atom stereocenters. The number of halogens is 1. The minimum Gasteiger partial charge on any atom is -0.475 e. The van der Waals surface area contributed by atoms with Gasteiger partial charge >= 0.3 is 5.97 Å². The summed E-state index contributed by atoms with van der Waals surface area (Å²) in [5.74, 6) is -3.88. The van der Waals surface area contributed by atoms with Crippen LogP contribution >= 0.6 is 11.6 Å². The van der Waals surface area contributed by atoms with Crippen LogP contribution in [0, 0.1) is 0 Å². The number of carboxylic acid groups (broad SMARTS) is 1. The van der Waals surface area contributed by atoms with Gasteiger partial charge in [0.2, 0.25) is 20.7 Å². The molecular weight excluding hydrogens is 348 g/mol. The Hall–Kier alpha value is -2.45. The Kier molecular flexibility index (Phi) is 4.67. The molecule has 1 heterocycles. The molecule has 0 unspecified atom stereocenters. The van der Waals surface area contributed by atoms with Gasteiger partial charge in [-0.25, -0.2) is 13.2 Å². The van der Waals surface area contributed by atoms with Gasteiger partial charge in [0.25, 0.3) is 0 Å². The van der Waals surface area contributed by atoms with Crippen LogP contribution in [0.3, 0.4) is 0 Å². The number of hydrogen-bond acceptors (Lipinski definition) is 6. The van der Waals surface area contributed by atoms with Gasteiger partial charge in [-0.05, 0) is 24.3 Å². The second-order valence-corrected chi connectivity index (χ2v) is 6.76. The first-order valence-corrected chi connectivity index (χ1v) is 7.96. The zero-order valence-electron chi connectivity index (χ0n) is 11.4. The fraction of sp³-hybridized carbons (Fsp3) is 0.0714. The van der Waals surface area contributed by atoms with Crippen molar-refractivity contribution in [3.05, 3.63) is 47.2 Å². The van der Waals surface area contributed by atoms with E-state index >= 15 is 0 Å². The normalized spacial score (nSPS) is 11.2. The SMILES string of the molecule is O=C(O)C(=O)CC(=O)c1coc(S(=O)(=O)c2ccc(Cl)cc2)c1. The largest absolute Gasteiger partial charge is 0.475 e. The highest BCUT2D eigenvalue weighted by atomic mass is 35.5. The van der Waals surface area contributed by atoms with Crippen LogP contribution in [0.15, 0.2) is 51.0 Å². The number of furan rings is 1. The number of sulfone groups is 1. The lowest BCUT2D eigenvalue weighted by Crippen LogP contribution is -2.16. The lowest BCUT2D eigenvalue weighted by molar-refractivity contribution is -0.148. The Bertz CT molecular complexity index is 878. The van der Waals surface area contributed by atoms with Crippen LogP contribution in [0.1, 0.15) is 16.8 Å². The minimum absolute atomic E-state index is 0.0862. The van der Waals surface area contributed by atoms with E-state index in [1.165, 1.54) is 24.3 Å². The fourth-order valence-electron chi connectivity index (χ4n) is 1.66. The summed E-state index contributed by atoms with van der Waals surface area (Å²) >= 11 is 5.68. The van der Waals surface area contributed by atoms with Crippen molar-refractivity contribution in [3.8, 4) is 0 Å². The molecule has 0 spiro atoms. The molecule has 0 bridgehead atoms. The molecular formula is C14H9ClO7S. The van der Waals surface area contributed by atoms with Crippen molar-refractivity contribution in [3.63, 3.8) is 0 Å². The Balaban J connectivity index is 2.28. The average molecular weight is 357 g/mol. The molecule has 1 aromatic heterocycles. The molecule has 2 rings (SSSR count). The van der Waals surface area contributed by atoms with Crippen molar-refractivity contribution in [2.75, 3.05) is 0 Å². The quantitative estimate of drug-likeness (QED) is 0.477. The van der Waals surface area contributed by atoms with E-state index in [1.807, 2.05) is 0 Å². The minimum atomic E-state index is -3.99. The van der Waals surface area contributed by atoms with E-state index in [9.17, 15) is 22.8 Å². The lowest BCUT2D eigenvalue weighted by atomic mass is 10.1. The highest BCUT2D eigenvalue weighted by Gasteiger charge is 2.25. The number of hydrogen-bond donors (Lipinski definition) is 1. The van der Waals surface area contributed by atoms with Crippen molar-refractivity contribution < 1.29 is 32.3 Å². The molecule has 120 valence electrons. The molecule has 23 heavy (non-hydrogen) atoms. The fourth-order valence-corrected chi connectivity index (χ4v) is 2.97. The number of Topliss-reactive ketones (excluding diaryl/α,β-unsaturated/α-hetero) is 2. The van der Waals surface area contributed by atoms with Crippen LogP contribution in [0.25, 0.3) is 0 Å². The van der Waals surface area contributed by atoms with Gasteiger partial charge in [-0.2, -0.15) is 0 Å². The summed E-state index contributed by atoms with van der Waals surface area (Å²) in [5, 5.41) is 8.31. The van der Waals surface area contributed by atoms with Crippen molar-refractivity contribution in [1.82, 2.24) is 0 Å². The molecule has 0 aliphatic heterocycles. The zero-order chi connectivity index (χ0) is 17.2. The van der Waals surface area contributed by atoms with Crippen molar-refractivity contribution in [1.29, 1.82) is 0 Å². The molecule has 0 fully saturated rings. The Morgan fingerprint density at radius 2 is 1.74 bits per heavy atom. The van der Waals surface area contributed by atoms with Crippen LogP contribution < -0.4 is 0 Å². The van der Waals surface area contributed by atoms with E-state index in [1.54, 1.807) is 0 Å². The average Bonchev–Trinajstić information content (AvgIpc) is 2.98. The van der Waals surface area contributed by atoms with Crippen molar-refractivity contribution in [2.45, 2.75) is 16.4 Å². The van der Waals surface area contributed by atoms with E-state index in [0.717, 1.165) is 12.3 Å². The third-order valence-corrected chi connectivity index (χ3v) is 4.73. The standard InChI is InChI=1S/C14H9ClO7S/c15-9-1-3-10(4-2-9)23(20,21)13-5-8(7-22-13)11(16)6-12(17)14(18)19/h1-5,7H,6H2,(H,18,19). The van der Waals surface area contributed by atoms with Gasteiger partial charge in [0.05, 0.1) is 16.9 Å². The van der Waals surface area contributed by atoms with E-state index < -0.39 is 38.9 Å². The molecule has 1 aromatic carbocycles. The summed E-state index contributed by atoms with van der Waals surface area (Å²) < 4.78 is 29.5. The van der Waals surface area contributed by atoms with Crippen molar-refractivity contribution >= 4 is 39.0 Å². The summed E-state index contributed by atoms with van der Waals surface area (Å²) in [5.41, 5.74) is -0.202. The Morgan fingerprint density at radius 1 is 1.13 bits per heavy atom. The van der Waals surface area contributed by atoms with Gasteiger partial charge in [-0.1, -0.05) is 11.6 Å². The molecule has 0 saturated carbocycles. The van der Waals surface area contributed by atoms with Crippen LogP contribution in [0.2, 0.25) is 5.02 Å². The number of rotatable bonds is 6. The molecule has 0 saturated heterocycles. The zero-order valence-corrected chi connectivity index (χ0v) is 12.9. The maximum atomic E-state index is 12.3. The summed E-state index contributed by atoms with van der Waals surface area (Å²) in [6, 6.07) is 6.26. The van der Waals surface area contributed by atoms with E-state index in [-0.39, 0.29) is 10.5 Å². The molecule has 2 aromatic rings. The van der Waals surface area contributed by atoms with Crippen LogP contribution in [0.5, 0.6) is 0 Å². The van der Waals surface area contributed by atoms with Gasteiger partial charge in [0.15, 0.2) is 5.78 Å². The van der Waals surface area contributed by atoms with Crippen LogP contribution in [0.4, 0.5) is 0 Å². The van der Waals surface area contributed by atoms with Crippen LogP contribution in [-0.2, 0) is 19.4 Å². The molecule has 0 radical (unpaired) electrons. The predicted molar refractivity (Wildman–Crippen MR) is 77.2 cm³/mol. The molecule has 1 N–H and O–H groups in total. The maximum absolute atomic E-state index is 12.3. The van der Waals surface area contributed by atoms with E-state index in [0.29, 0.717) is 5.02 Å². The third kappa shape index (κ3) is 3.66. The molecule has 0 aliphatic rings. The van der Waals surface area contributed by atoms with Gasteiger partial charge in [0, 0.05) is 11.1 Å². The number of carboxylic acids is 1. The third-order valence-electron chi connectivity index (χ3n) is 2.85. The highest BCUT2D eigenvalue weighted by Crippen LogP contribution is 2.24. The second kappa shape index (κ2) is 6.35. The number of carbonyl (C=O) groups is 3. The predicted octanol–water partition coefficient (Wildman–Crippen LogP) is 1.99. The first-order valence-electron chi connectivity index (χ1n) is 6.10. The molecule has 7 nitrogen and oxygen atoms in total. The maximum Gasteiger partial charge on any atom is 0.372 e. The first-order chi connectivity index (χ1) is 10.7.